The Morgan fingerprint density at radius 2 is 2.15 bits per heavy atom. The number of rotatable bonds is 3. The van der Waals surface area contributed by atoms with E-state index in [9.17, 15) is 0 Å². The van der Waals surface area contributed by atoms with Crippen molar-refractivity contribution in [3.63, 3.8) is 0 Å². The van der Waals surface area contributed by atoms with Gasteiger partial charge in [-0.2, -0.15) is 5.26 Å². The average molecular weight is 303 g/mol. The molecule has 0 N–H and O–H groups in total. The number of benzene rings is 1. The number of hydrogen-bond donors (Lipinski definition) is 0. The molecule has 0 saturated heterocycles. The molecule has 0 aliphatic rings. The number of nitrogens with zero attached hydrogens (tertiary/aromatic N) is 1. The molecule has 0 saturated carbocycles. The van der Waals surface area contributed by atoms with E-state index in [1.807, 2.05) is 18.2 Å². The molecule has 1 nitrogen and oxygen atoms in total. The lowest BCUT2D eigenvalue weighted by molar-refractivity contribution is 0.933. The first-order valence-corrected chi connectivity index (χ1v) is 5.94. The Labute approximate surface area is 95.0 Å². The molecule has 0 aromatic heterocycles. The van der Waals surface area contributed by atoms with E-state index in [0.717, 1.165) is 28.2 Å². The van der Waals surface area contributed by atoms with Crippen LogP contribution in [0.5, 0.6) is 0 Å². The zero-order chi connectivity index (χ0) is 9.68. The van der Waals surface area contributed by atoms with E-state index in [1.165, 1.54) is 5.56 Å². The highest BCUT2D eigenvalue weighted by Crippen LogP contribution is 2.19. The van der Waals surface area contributed by atoms with Gasteiger partial charge >= 0.3 is 0 Å². The topological polar surface area (TPSA) is 23.8 Å². The van der Waals surface area contributed by atoms with Crippen molar-refractivity contribution in [3.05, 3.63) is 33.8 Å². The lowest BCUT2D eigenvalue weighted by Gasteiger charge is -2.02. The van der Waals surface area contributed by atoms with Crippen LogP contribution in [0, 0.1) is 11.3 Å². The van der Waals surface area contributed by atoms with Gasteiger partial charge in [0.15, 0.2) is 0 Å². The minimum Gasteiger partial charge on any atom is -0.192 e. The lowest BCUT2D eigenvalue weighted by Crippen LogP contribution is -1.89. The second kappa shape index (κ2) is 5.41. The van der Waals surface area contributed by atoms with Crippen LogP contribution in [0.2, 0.25) is 0 Å². The van der Waals surface area contributed by atoms with Gasteiger partial charge in [0.2, 0.25) is 0 Å². The fourth-order valence-corrected chi connectivity index (χ4v) is 1.82. The highest BCUT2D eigenvalue weighted by Gasteiger charge is 2.00. The Morgan fingerprint density at radius 1 is 1.38 bits per heavy atom. The molecule has 0 radical (unpaired) electrons. The molecule has 0 spiro atoms. The summed E-state index contributed by atoms with van der Waals surface area (Å²) in [5.41, 5.74) is 1.94. The van der Waals surface area contributed by atoms with Gasteiger partial charge in [0.05, 0.1) is 11.6 Å². The summed E-state index contributed by atoms with van der Waals surface area (Å²) in [6.07, 6.45) is 2.09. The van der Waals surface area contributed by atoms with Gasteiger partial charge in [0.1, 0.15) is 0 Å². The lowest BCUT2D eigenvalue weighted by atomic mass is 10.1. The van der Waals surface area contributed by atoms with Crippen molar-refractivity contribution in [2.45, 2.75) is 12.8 Å². The van der Waals surface area contributed by atoms with Crippen LogP contribution in [0.4, 0.5) is 0 Å². The van der Waals surface area contributed by atoms with Crippen LogP contribution in [-0.4, -0.2) is 5.33 Å². The smallest absolute Gasteiger partial charge is 0.0991 e. The van der Waals surface area contributed by atoms with Crippen molar-refractivity contribution in [2.75, 3.05) is 5.33 Å². The van der Waals surface area contributed by atoms with E-state index in [2.05, 4.69) is 37.9 Å². The Morgan fingerprint density at radius 3 is 2.77 bits per heavy atom. The van der Waals surface area contributed by atoms with E-state index >= 15 is 0 Å². The summed E-state index contributed by atoms with van der Waals surface area (Å²) in [5.74, 6) is 0. The van der Waals surface area contributed by atoms with Gasteiger partial charge in [0, 0.05) is 9.80 Å². The molecule has 0 heterocycles. The van der Waals surface area contributed by atoms with Gasteiger partial charge < -0.3 is 0 Å². The van der Waals surface area contributed by atoms with Crippen molar-refractivity contribution in [1.82, 2.24) is 0 Å². The van der Waals surface area contributed by atoms with Gasteiger partial charge in [-0.25, -0.2) is 0 Å². The highest BCUT2D eigenvalue weighted by atomic mass is 79.9. The molecule has 0 aliphatic carbocycles. The summed E-state index contributed by atoms with van der Waals surface area (Å²) < 4.78 is 1.09. The van der Waals surface area contributed by atoms with E-state index in [1.54, 1.807) is 0 Å². The third-order valence-electron chi connectivity index (χ3n) is 1.75. The van der Waals surface area contributed by atoms with Gasteiger partial charge in [-0.3, -0.25) is 0 Å². The fourth-order valence-electron chi connectivity index (χ4n) is 1.09. The number of halogens is 2. The number of aryl methyl sites for hydroxylation is 1. The molecule has 0 unspecified atom stereocenters. The molecule has 0 atom stereocenters. The summed E-state index contributed by atoms with van der Waals surface area (Å²) in [7, 11) is 0. The van der Waals surface area contributed by atoms with Gasteiger partial charge in [-0.1, -0.05) is 31.9 Å². The predicted octanol–water partition coefficient (Wildman–Crippen LogP) is 3.65. The first kappa shape index (κ1) is 10.7. The largest absolute Gasteiger partial charge is 0.192 e. The Balaban J connectivity index is 2.85. The van der Waals surface area contributed by atoms with Crippen LogP contribution in [-0.2, 0) is 6.42 Å². The van der Waals surface area contributed by atoms with Crippen molar-refractivity contribution in [1.29, 1.82) is 5.26 Å². The van der Waals surface area contributed by atoms with Crippen molar-refractivity contribution < 1.29 is 0 Å². The maximum atomic E-state index is 8.70. The molecule has 0 amide bonds. The van der Waals surface area contributed by atoms with E-state index < -0.39 is 0 Å². The first-order chi connectivity index (χ1) is 6.27. The molecule has 1 rings (SSSR count). The summed E-state index contributed by atoms with van der Waals surface area (Å²) >= 11 is 6.85. The zero-order valence-electron chi connectivity index (χ0n) is 7.06. The summed E-state index contributed by atoms with van der Waals surface area (Å²) in [5, 5.41) is 9.70. The van der Waals surface area contributed by atoms with Gasteiger partial charge in [0.25, 0.3) is 0 Å². The van der Waals surface area contributed by atoms with Crippen LogP contribution < -0.4 is 0 Å². The minimum absolute atomic E-state index is 0.729. The fraction of sp³-hybridized carbons (Fsp3) is 0.300. The summed E-state index contributed by atoms with van der Waals surface area (Å²) in [6.45, 7) is 0. The molecular weight excluding hydrogens is 294 g/mol. The van der Waals surface area contributed by atoms with Gasteiger partial charge in [-0.05, 0) is 36.6 Å². The van der Waals surface area contributed by atoms with E-state index in [4.69, 9.17) is 5.26 Å². The van der Waals surface area contributed by atoms with E-state index in [-0.39, 0.29) is 0 Å². The maximum absolute atomic E-state index is 8.70. The van der Waals surface area contributed by atoms with Gasteiger partial charge in [-0.15, -0.1) is 0 Å². The molecule has 13 heavy (non-hydrogen) atoms. The van der Waals surface area contributed by atoms with Crippen molar-refractivity contribution in [3.8, 4) is 6.07 Å². The second-order valence-corrected chi connectivity index (χ2v) is 4.36. The third kappa shape index (κ3) is 3.13. The van der Waals surface area contributed by atoms with Crippen molar-refractivity contribution in [2.24, 2.45) is 0 Å². The Hall–Kier alpha value is -0.330. The predicted molar refractivity (Wildman–Crippen MR) is 61.0 cm³/mol. The SMILES string of the molecule is N#Cc1ccc(Br)c(CCCBr)c1. The van der Waals surface area contributed by atoms with Crippen LogP contribution in [0.1, 0.15) is 17.5 Å². The molecule has 1 aromatic carbocycles. The monoisotopic (exact) mass is 301 g/mol. The van der Waals surface area contributed by atoms with Crippen LogP contribution in [0.3, 0.4) is 0 Å². The number of hydrogen-bond acceptors (Lipinski definition) is 1. The molecule has 3 heteroatoms. The molecule has 0 bridgehead atoms. The molecule has 0 fully saturated rings. The Bertz CT molecular complexity index is 328. The zero-order valence-corrected chi connectivity index (χ0v) is 10.2. The normalized spacial score (nSPS) is 9.62. The third-order valence-corrected chi connectivity index (χ3v) is 3.09. The summed E-state index contributed by atoms with van der Waals surface area (Å²) in [6, 6.07) is 7.83. The molecule has 1 aromatic rings. The van der Waals surface area contributed by atoms with Crippen molar-refractivity contribution >= 4 is 31.9 Å². The van der Waals surface area contributed by atoms with E-state index in [0.29, 0.717) is 0 Å². The molecule has 68 valence electrons. The maximum Gasteiger partial charge on any atom is 0.0991 e. The highest BCUT2D eigenvalue weighted by molar-refractivity contribution is 9.10. The summed E-state index contributed by atoms with van der Waals surface area (Å²) in [4.78, 5) is 0. The van der Waals surface area contributed by atoms with Crippen LogP contribution in [0.25, 0.3) is 0 Å². The second-order valence-electron chi connectivity index (χ2n) is 2.71. The number of alkyl halides is 1. The molecule has 0 aliphatic heterocycles. The van der Waals surface area contributed by atoms with Crippen LogP contribution >= 0.6 is 31.9 Å². The quantitative estimate of drug-likeness (QED) is 0.782. The number of nitriles is 1. The first-order valence-electron chi connectivity index (χ1n) is 4.02. The van der Waals surface area contributed by atoms with Crippen LogP contribution in [0.15, 0.2) is 22.7 Å². The average Bonchev–Trinajstić information content (AvgIpc) is 2.17. The Kier molecular flexibility index (Phi) is 4.47. The minimum atomic E-state index is 0.729. The standard InChI is InChI=1S/C10H9Br2N/c11-5-1-2-9-6-8(7-13)3-4-10(9)12/h3-4,6H,1-2,5H2. The molecular formula is C10H9Br2N.